The number of aliphatic carboxylic acids is 1. The molecule has 1 aliphatic heterocycles. The largest absolute Gasteiger partial charge is 0.481 e. The van der Waals surface area contributed by atoms with E-state index >= 15 is 0 Å². The Hall–Kier alpha value is -1.20. The number of nitrogens with zero attached hydrogens (tertiary/aromatic N) is 1. The van der Waals surface area contributed by atoms with Gasteiger partial charge in [-0.25, -0.2) is 0 Å². The van der Waals surface area contributed by atoms with Gasteiger partial charge in [0, 0.05) is 13.1 Å². The molecule has 0 aromatic carbocycles. The summed E-state index contributed by atoms with van der Waals surface area (Å²) in [6, 6.07) is 0. The van der Waals surface area contributed by atoms with Crippen molar-refractivity contribution >= 4 is 11.9 Å². The van der Waals surface area contributed by atoms with Crippen LogP contribution in [0.15, 0.2) is 0 Å². The molecule has 98 valence electrons. The number of carbonyl (C=O) groups is 2. The van der Waals surface area contributed by atoms with E-state index in [1.165, 1.54) is 0 Å². The first kappa shape index (κ1) is 13.9. The molecule has 0 spiro atoms. The molecule has 1 saturated heterocycles. The highest BCUT2D eigenvalue weighted by Crippen LogP contribution is 2.35. The number of carboxylic acid groups (broad SMARTS) is 1. The molecule has 0 saturated carbocycles. The summed E-state index contributed by atoms with van der Waals surface area (Å²) in [5.74, 6) is -2.25. The van der Waals surface area contributed by atoms with Crippen LogP contribution in [0.2, 0.25) is 0 Å². The minimum Gasteiger partial charge on any atom is -0.481 e. The highest BCUT2D eigenvalue weighted by molar-refractivity contribution is 5.81. The molecule has 1 aliphatic rings. The fourth-order valence-corrected chi connectivity index (χ4v) is 2.42. The fourth-order valence-electron chi connectivity index (χ4n) is 2.42. The van der Waals surface area contributed by atoms with E-state index in [9.17, 15) is 23.5 Å². The summed E-state index contributed by atoms with van der Waals surface area (Å²) in [5, 5.41) is 9.23. The molecule has 1 fully saturated rings. The van der Waals surface area contributed by atoms with Gasteiger partial charge in [-0.3, -0.25) is 9.59 Å². The van der Waals surface area contributed by atoms with Crippen molar-refractivity contribution in [3.63, 3.8) is 0 Å². The van der Waals surface area contributed by atoms with E-state index < -0.39 is 23.7 Å². The van der Waals surface area contributed by atoms with E-state index in [1.807, 2.05) is 6.92 Å². The standard InChI is InChI=1S/C11H17F2NO3/c1-2-4-11(10(16)17)5-3-6-14(7-11)9(15)8(12)13/h8H,2-7H2,1H3,(H,16,17). The van der Waals surface area contributed by atoms with Gasteiger partial charge in [0.2, 0.25) is 0 Å². The number of alkyl halides is 2. The molecule has 1 heterocycles. The molecule has 1 amide bonds. The van der Waals surface area contributed by atoms with Crippen molar-refractivity contribution < 1.29 is 23.5 Å². The van der Waals surface area contributed by atoms with Crippen molar-refractivity contribution in [2.24, 2.45) is 5.41 Å². The molecule has 4 nitrogen and oxygen atoms in total. The quantitative estimate of drug-likeness (QED) is 0.825. The first-order valence-electron chi connectivity index (χ1n) is 5.73. The van der Waals surface area contributed by atoms with Crippen LogP contribution in [-0.2, 0) is 9.59 Å². The van der Waals surface area contributed by atoms with Crippen LogP contribution in [0.3, 0.4) is 0 Å². The SMILES string of the molecule is CCCC1(C(=O)O)CCCN(C(=O)C(F)F)C1. The van der Waals surface area contributed by atoms with Gasteiger partial charge in [0.25, 0.3) is 5.91 Å². The average molecular weight is 249 g/mol. The van der Waals surface area contributed by atoms with Crippen LogP contribution >= 0.6 is 0 Å². The zero-order chi connectivity index (χ0) is 13.1. The van der Waals surface area contributed by atoms with Crippen molar-refractivity contribution in [3.05, 3.63) is 0 Å². The molecule has 17 heavy (non-hydrogen) atoms. The van der Waals surface area contributed by atoms with Gasteiger partial charge < -0.3 is 10.0 Å². The van der Waals surface area contributed by atoms with Crippen LogP contribution in [0, 0.1) is 5.41 Å². The molecule has 0 aromatic heterocycles. The van der Waals surface area contributed by atoms with Gasteiger partial charge in [-0.2, -0.15) is 8.78 Å². The molecule has 0 aromatic rings. The fraction of sp³-hybridized carbons (Fsp3) is 0.818. The van der Waals surface area contributed by atoms with Gasteiger partial charge in [0.15, 0.2) is 0 Å². The van der Waals surface area contributed by atoms with E-state index in [0.29, 0.717) is 25.7 Å². The van der Waals surface area contributed by atoms with Crippen LogP contribution in [0.25, 0.3) is 0 Å². The van der Waals surface area contributed by atoms with Gasteiger partial charge >= 0.3 is 12.4 Å². The Labute approximate surface area is 98.6 Å². The van der Waals surface area contributed by atoms with Crippen LogP contribution in [0.1, 0.15) is 32.6 Å². The Morgan fingerprint density at radius 1 is 1.47 bits per heavy atom. The molecule has 1 rings (SSSR count). The summed E-state index contributed by atoms with van der Waals surface area (Å²) in [7, 11) is 0. The van der Waals surface area contributed by atoms with Crippen molar-refractivity contribution in [3.8, 4) is 0 Å². The molecule has 1 unspecified atom stereocenters. The van der Waals surface area contributed by atoms with E-state index in [1.54, 1.807) is 0 Å². The number of piperidine rings is 1. The molecule has 0 bridgehead atoms. The van der Waals surface area contributed by atoms with Crippen LogP contribution < -0.4 is 0 Å². The number of hydrogen-bond donors (Lipinski definition) is 1. The number of halogens is 2. The second-order valence-corrected chi connectivity index (χ2v) is 4.50. The lowest BCUT2D eigenvalue weighted by molar-refractivity contribution is -0.158. The zero-order valence-corrected chi connectivity index (χ0v) is 9.79. The highest BCUT2D eigenvalue weighted by atomic mass is 19.3. The van der Waals surface area contributed by atoms with Gasteiger partial charge in [-0.1, -0.05) is 13.3 Å². The van der Waals surface area contributed by atoms with Crippen LogP contribution in [0.4, 0.5) is 8.78 Å². The predicted octanol–water partition coefficient (Wildman–Crippen LogP) is 1.75. The summed E-state index contributed by atoms with van der Waals surface area (Å²) in [6.07, 6.45) is -1.08. The predicted molar refractivity (Wildman–Crippen MR) is 56.8 cm³/mol. The molecular weight excluding hydrogens is 232 g/mol. The maximum Gasteiger partial charge on any atom is 0.315 e. The molecule has 0 radical (unpaired) electrons. The summed E-state index contributed by atoms with van der Waals surface area (Å²) in [5.41, 5.74) is -1.04. The highest BCUT2D eigenvalue weighted by Gasteiger charge is 2.43. The Kier molecular flexibility index (Phi) is 4.42. The second-order valence-electron chi connectivity index (χ2n) is 4.50. The second kappa shape index (κ2) is 5.42. The summed E-state index contributed by atoms with van der Waals surface area (Å²) < 4.78 is 24.6. The van der Waals surface area contributed by atoms with Gasteiger partial charge in [-0.15, -0.1) is 0 Å². The number of rotatable bonds is 4. The van der Waals surface area contributed by atoms with E-state index in [4.69, 9.17) is 0 Å². The lowest BCUT2D eigenvalue weighted by atomic mass is 9.76. The van der Waals surface area contributed by atoms with Gasteiger partial charge in [-0.05, 0) is 19.3 Å². The third-order valence-corrected chi connectivity index (χ3v) is 3.26. The number of carboxylic acids is 1. The molecular formula is C11H17F2NO3. The van der Waals surface area contributed by atoms with Crippen molar-refractivity contribution in [2.75, 3.05) is 13.1 Å². The first-order chi connectivity index (χ1) is 7.93. The van der Waals surface area contributed by atoms with Gasteiger partial charge in [0.05, 0.1) is 5.41 Å². The topological polar surface area (TPSA) is 57.6 Å². The number of amides is 1. The number of hydrogen-bond acceptors (Lipinski definition) is 2. The van der Waals surface area contributed by atoms with E-state index in [-0.39, 0.29) is 13.1 Å². The first-order valence-corrected chi connectivity index (χ1v) is 5.73. The molecule has 0 aliphatic carbocycles. The zero-order valence-electron chi connectivity index (χ0n) is 9.79. The normalized spacial score (nSPS) is 25.1. The summed E-state index contributed by atoms with van der Waals surface area (Å²) >= 11 is 0. The van der Waals surface area contributed by atoms with Gasteiger partial charge in [0.1, 0.15) is 0 Å². The minimum absolute atomic E-state index is 0.0979. The third kappa shape index (κ3) is 2.92. The lowest BCUT2D eigenvalue weighted by Crippen LogP contribution is -2.51. The Morgan fingerprint density at radius 3 is 2.59 bits per heavy atom. The van der Waals surface area contributed by atoms with E-state index in [2.05, 4.69) is 0 Å². The van der Waals surface area contributed by atoms with Crippen molar-refractivity contribution in [1.82, 2.24) is 4.90 Å². The van der Waals surface area contributed by atoms with Crippen LogP contribution in [0.5, 0.6) is 0 Å². The number of carbonyl (C=O) groups excluding carboxylic acids is 1. The molecule has 6 heteroatoms. The number of likely N-dealkylation sites (tertiary alicyclic amines) is 1. The lowest BCUT2D eigenvalue weighted by Gasteiger charge is -2.39. The van der Waals surface area contributed by atoms with Crippen LogP contribution in [-0.4, -0.2) is 41.4 Å². The average Bonchev–Trinajstić information content (AvgIpc) is 2.28. The smallest absolute Gasteiger partial charge is 0.315 e. The minimum atomic E-state index is -3.05. The van der Waals surface area contributed by atoms with Crippen molar-refractivity contribution in [2.45, 2.75) is 39.0 Å². The maximum atomic E-state index is 12.3. The third-order valence-electron chi connectivity index (χ3n) is 3.26. The summed E-state index contributed by atoms with van der Waals surface area (Å²) in [6.45, 7) is 1.97. The Morgan fingerprint density at radius 2 is 2.12 bits per heavy atom. The Bertz CT molecular complexity index is 305. The maximum absolute atomic E-state index is 12.3. The monoisotopic (exact) mass is 249 g/mol. The Balaban J connectivity index is 2.82. The van der Waals surface area contributed by atoms with E-state index in [0.717, 1.165) is 4.90 Å². The summed E-state index contributed by atoms with van der Waals surface area (Å²) in [4.78, 5) is 23.5. The van der Waals surface area contributed by atoms with Crippen molar-refractivity contribution in [1.29, 1.82) is 0 Å². The molecule has 1 N–H and O–H groups in total. The molecule has 1 atom stereocenters.